The number of aromatic nitrogens is 2. The summed E-state index contributed by atoms with van der Waals surface area (Å²) in [5.74, 6) is 0.760. The van der Waals surface area contributed by atoms with Gasteiger partial charge in [-0.05, 0) is 102 Å². The third-order valence-corrected chi connectivity index (χ3v) is 11.1. The maximum absolute atomic E-state index is 2.50. The van der Waals surface area contributed by atoms with Crippen molar-refractivity contribution >= 4 is 50.1 Å². The Morgan fingerprint density at radius 2 is 1.34 bits per heavy atom. The highest BCUT2D eigenvalue weighted by Crippen LogP contribution is 2.41. The largest absolute Gasteiger partial charge is 0.310 e. The van der Waals surface area contributed by atoms with Gasteiger partial charge in [-0.25, -0.2) is 0 Å². The van der Waals surface area contributed by atoms with Crippen LogP contribution < -0.4 is 0 Å². The number of fused-ring (bicyclic) bond motifs is 6. The third kappa shape index (κ3) is 4.78. The zero-order valence-electron chi connectivity index (χ0n) is 28.0. The number of hydrogen-bond acceptors (Lipinski definition) is 0. The first-order valence-corrected chi connectivity index (χ1v) is 18.0. The van der Waals surface area contributed by atoms with E-state index in [2.05, 4.69) is 179 Å². The van der Waals surface area contributed by atoms with Crippen LogP contribution in [0, 0.1) is 0 Å². The molecule has 5 aromatic carbocycles. The molecular weight excluding hydrogens is 605 g/mol. The molecule has 0 radical (unpaired) electrons. The molecule has 2 unspecified atom stereocenters. The molecule has 2 atom stereocenters. The van der Waals surface area contributed by atoms with Gasteiger partial charge in [-0.2, -0.15) is 0 Å². The van der Waals surface area contributed by atoms with Crippen molar-refractivity contribution in [3.05, 3.63) is 192 Å². The number of para-hydroxylation sites is 2. The molecule has 3 aliphatic rings. The average Bonchev–Trinajstić information content (AvgIpc) is 3.71. The van der Waals surface area contributed by atoms with Gasteiger partial charge in [0.25, 0.3) is 0 Å². The minimum absolute atomic E-state index is 0.327. The smallest absolute Gasteiger partial charge is 0.0547 e. The van der Waals surface area contributed by atoms with Crippen LogP contribution in [-0.4, -0.2) is 9.13 Å². The lowest BCUT2D eigenvalue weighted by atomic mass is 9.86. The summed E-state index contributed by atoms with van der Waals surface area (Å²) >= 11 is 0. The number of allylic oxidation sites excluding steroid dienone is 9. The fourth-order valence-electron chi connectivity index (χ4n) is 8.60. The van der Waals surface area contributed by atoms with Crippen molar-refractivity contribution in [1.29, 1.82) is 0 Å². The van der Waals surface area contributed by atoms with Crippen molar-refractivity contribution in [2.75, 3.05) is 0 Å². The summed E-state index contributed by atoms with van der Waals surface area (Å²) in [5.41, 5.74) is 14.4. The molecule has 2 heterocycles. The highest BCUT2D eigenvalue weighted by Gasteiger charge is 2.23. The summed E-state index contributed by atoms with van der Waals surface area (Å²) in [6.45, 7) is 0. The van der Waals surface area contributed by atoms with E-state index in [1.165, 1.54) is 77.6 Å². The van der Waals surface area contributed by atoms with Crippen LogP contribution in [-0.2, 0) is 6.42 Å². The third-order valence-electron chi connectivity index (χ3n) is 11.1. The first kappa shape index (κ1) is 29.1. The molecule has 3 aliphatic carbocycles. The van der Waals surface area contributed by atoms with Crippen LogP contribution in [0.25, 0.3) is 55.7 Å². The Kier molecular flexibility index (Phi) is 6.94. The fraction of sp³-hybridized carbons (Fsp3) is 0.125. The predicted molar refractivity (Wildman–Crippen MR) is 212 cm³/mol. The fourth-order valence-corrected chi connectivity index (χ4v) is 8.60. The highest BCUT2D eigenvalue weighted by molar-refractivity contribution is 6.10. The van der Waals surface area contributed by atoms with Gasteiger partial charge in [0.2, 0.25) is 0 Å². The van der Waals surface area contributed by atoms with Gasteiger partial charge in [0.05, 0.1) is 16.6 Å². The van der Waals surface area contributed by atoms with Crippen LogP contribution in [0.2, 0.25) is 0 Å². The van der Waals surface area contributed by atoms with Crippen LogP contribution in [0.3, 0.4) is 0 Å². The van der Waals surface area contributed by atoms with Gasteiger partial charge in [0.1, 0.15) is 0 Å². The number of rotatable bonds is 5. The SMILES string of the molecule is C1=Cc2c(c3cc(C4C=C(c5ccc6c7ccccc7n(-c7ccccc7)c6c5)C=CC4)ccc3n2C2=CCC(c3ccccc3)C=C2)CC1. The molecule has 0 amide bonds. The molecule has 0 N–H and O–H groups in total. The van der Waals surface area contributed by atoms with Gasteiger partial charge in [-0.1, -0.05) is 121 Å². The zero-order valence-corrected chi connectivity index (χ0v) is 28.0. The lowest BCUT2D eigenvalue weighted by molar-refractivity contribution is 0.847. The quantitative estimate of drug-likeness (QED) is 0.177. The van der Waals surface area contributed by atoms with E-state index in [1.807, 2.05) is 0 Å². The second-order valence-corrected chi connectivity index (χ2v) is 13.9. The molecule has 10 rings (SSSR count). The summed E-state index contributed by atoms with van der Waals surface area (Å²) in [4.78, 5) is 0. The summed E-state index contributed by atoms with van der Waals surface area (Å²) in [6, 6.07) is 44.6. The zero-order chi connectivity index (χ0) is 33.0. The van der Waals surface area contributed by atoms with Crippen molar-refractivity contribution in [3.8, 4) is 5.69 Å². The van der Waals surface area contributed by atoms with E-state index >= 15 is 0 Å². The molecule has 0 spiro atoms. The minimum atomic E-state index is 0.327. The Labute approximate surface area is 293 Å². The van der Waals surface area contributed by atoms with Crippen molar-refractivity contribution in [2.24, 2.45) is 0 Å². The molecule has 0 saturated carbocycles. The molecule has 0 saturated heterocycles. The van der Waals surface area contributed by atoms with E-state index in [-0.39, 0.29) is 0 Å². The number of aryl methyl sites for hydroxylation is 1. The Morgan fingerprint density at radius 1 is 0.540 bits per heavy atom. The van der Waals surface area contributed by atoms with E-state index in [0.717, 1.165) is 25.7 Å². The number of hydrogen-bond donors (Lipinski definition) is 0. The molecule has 240 valence electrons. The van der Waals surface area contributed by atoms with E-state index in [0.29, 0.717) is 11.8 Å². The molecule has 7 aromatic rings. The van der Waals surface area contributed by atoms with E-state index in [4.69, 9.17) is 0 Å². The van der Waals surface area contributed by atoms with Gasteiger partial charge < -0.3 is 9.13 Å². The predicted octanol–water partition coefficient (Wildman–Crippen LogP) is 12.4. The van der Waals surface area contributed by atoms with Crippen LogP contribution in [0.1, 0.15) is 59.0 Å². The van der Waals surface area contributed by atoms with Crippen molar-refractivity contribution in [3.63, 3.8) is 0 Å². The standard InChI is InChI=1S/C48H38N2/c1-3-12-33(13-4-1)34-22-26-40(27-23-34)49-46-21-10-8-19-42(46)44-31-37(25-29-47(44)49)35-14-11-15-36(30-35)38-24-28-43-41-18-7-9-20-45(41)50(48(43)32-38)39-16-5-2-6-17-39/h1-7,9-13,15-18,20-22,24-32,34-35H,8,14,19,23H2. The van der Waals surface area contributed by atoms with Gasteiger partial charge in [-0.15, -0.1) is 0 Å². The monoisotopic (exact) mass is 642 g/mol. The lowest BCUT2D eigenvalue weighted by Crippen LogP contribution is -2.05. The molecular formula is C48H38N2. The van der Waals surface area contributed by atoms with E-state index in [1.54, 1.807) is 0 Å². The summed E-state index contributed by atoms with van der Waals surface area (Å²) in [6.07, 6.45) is 23.3. The molecule has 2 aromatic heterocycles. The van der Waals surface area contributed by atoms with Gasteiger partial charge >= 0.3 is 0 Å². The molecule has 2 heteroatoms. The second kappa shape index (κ2) is 11.9. The molecule has 0 fully saturated rings. The topological polar surface area (TPSA) is 9.86 Å². The Hall–Kier alpha value is -5.86. The molecule has 2 nitrogen and oxygen atoms in total. The first-order chi connectivity index (χ1) is 24.8. The normalized spacial score (nSPS) is 18.5. The molecule has 0 aliphatic heterocycles. The number of benzene rings is 5. The van der Waals surface area contributed by atoms with Gasteiger partial charge in [0, 0.05) is 45.1 Å². The minimum Gasteiger partial charge on any atom is -0.310 e. The number of nitrogens with zero attached hydrogens (tertiary/aromatic N) is 2. The lowest BCUT2D eigenvalue weighted by Gasteiger charge is -2.20. The van der Waals surface area contributed by atoms with Gasteiger partial charge in [0.15, 0.2) is 0 Å². The van der Waals surface area contributed by atoms with Crippen LogP contribution in [0.15, 0.2) is 164 Å². The van der Waals surface area contributed by atoms with E-state index in [9.17, 15) is 0 Å². The maximum atomic E-state index is 2.50. The van der Waals surface area contributed by atoms with Crippen LogP contribution >= 0.6 is 0 Å². The Bertz CT molecular complexity index is 2580. The summed E-state index contributed by atoms with van der Waals surface area (Å²) in [5, 5.41) is 3.98. The van der Waals surface area contributed by atoms with Crippen LogP contribution in [0.4, 0.5) is 0 Å². The average molecular weight is 643 g/mol. The molecule has 0 bridgehead atoms. The van der Waals surface area contributed by atoms with Crippen molar-refractivity contribution < 1.29 is 0 Å². The van der Waals surface area contributed by atoms with Crippen molar-refractivity contribution in [1.82, 2.24) is 9.13 Å². The summed E-state index contributed by atoms with van der Waals surface area (Å²) < 4.78 is 4.92. The highest BCUT2D eigenvalue weighted by atomic mass is 15.0. The van der Waals surface area contributed by atoms with Crippen LogP contribution in [0.5, 0.6) is 0 Å². The first-order valence-electron chi connectivity index (χ1n) is 18.0. The van der Waals surface area contributed by atoms with Gasteiger partial charge in [-0.3, -0.25) is 0 Å². The maximum Gasteiger partial charge on any atom is 0.0547 e. The summed E-state index contributed by atoms with van der Waals surface area (Å²) in [7, 11) is 0. The molecule has 50 heavy (non-hydrogen) atoms. The van der Waals surface area contributed by atoms with Crippen molar-refractivity contribution in [2.45, 2.75) is 37.5 Å². The Balaban J connectivity index is 1.02. The second-order valence-electron chi connectivity index (χ2n) is 13.9. The Morgan fingerprint density at radius 3 is 2.20 bits per heavy atom. The van der Waals surface area contributed by atoms with E-state index < -0.39 is 0 Å².